The van der Waals surface area contributed by atoms with Crippen molar-refractivity contribution in [2.75, 3.05) is 30.8 Å². The first-order valence-electron chi connectivity index (χ1n) is 7.62. The van der Waals surface area contributed by atoms with Gasteiger partial charge in [0.25, 0.3) is 5.91 Å². The molecule has 2 amide bonds. The highest BCUT2D eigenvalue weighted by Crippen LogP contribution is 2.22. The second-order valence-corrected chi connectivity index (χ2v) is 6.28. The fourth-order valence-corrected chi connectivity index (χ4v) is 2.96. The zero-order valence-corrected chi connectivity index (χ0v) is 14.4. The van der Waals surface area contributed by atoms with Gasteiger partial charge in [-0.05, 0) is 24.3 Å². The van der Waals surface area contributed by atoms with Crippen molar-refractivity contribution < 1.29 is 9.59 Å². The van der Waals surface area contributed by atoms with E-state index >= 15 is 0 Å². The second-order valence-electron chi connectivity index (χ2n) is 5.26. The molecule has 0 aliphatic carbocycles. The van der Waals surface area contributed by atoms with Crippen molar-refractivity contribution in [3.05, 3.63) is 60.2 Å². The monoisotopic (exact) mass is 343 g/mol. The van der Waals surface area contributed by atoms with E-state index in [0.29, 0.717) is 18.7 Å². The lowest BCUT2D eigenvalue weighted by Gasteiger charge is -2.19. The van der Waals surface area contributed by atoms with E-state index in [1.807, 2.05) is 49.5 Å². The number of carbonyl (C=O) groups excluding carboxylic acids is 2. The summed E-state index contributed by atoms with van der Waals surface area (Å²) in [5.74, 6) is -0.398. The number of anilines is 1. The van der Waals surface area contributed by atoms with E-state index in [1.165, 1.54) is 11.8 Å². The molecule has 0 saturated carbocycles. The third kappa shape index (κ3) is 5.31. The van der Waals surface area contributed by atoms with Crippen LogP contribution in [0.25, 0.3) is 0 Å². The van der Waals surface area contributed by atoms with E-state index in [-0.39, 0.29) is 11.7 Å². The number of para-hydroxylation sites is 1. The van der Waals surface area contributed by atoms with Crippen molar-refractivity contribution in [3.63, 3.8) is 0 Å². The van der Waals surface area contributed by atoms with Crippen LogP contribution in [0.3, 0.4) is 0 Å². The van der Waals surface area contributed by atoms with Crippen LogP contribution in [0.5, 0.6) is 0 Å². The average Bonchev–Trinajstić information content (AvgIpc) is 2.60. The highest BCUT2D eigenvalue weighted by Gasteiger charge is 2.12. The maximum atomic E-state index is 12.4. The number of benzene rings is 2. The van der Waals surface area contributed by atoms with Gasteiger partial charge < -0.3 is 16.0 Å². The summed E-state index contributed by atoms with van der Waals surface area (Å²) < 4.78 is 0. The molecule has 0 bridgehead atoms. The summed E-state index contributed by atoms with van der Waals surface area (Å²) in [5, 5.41) is 2.92. The first-order chi connectivity index (χ1) is 11.6. The van der Waals surface area contributed by atoms with Crippen molar-refractivity contribution in [1.82, 2.24) is 5.32 Å². The van der Waals surface area contributed by atoms with Gasteiger partial charge in [-0.25, -0.2) is 0 Å². The quantitative estimate of drug-likeness (QED) is 0.720. The Morgan fingerprint density at radius 1 is 1.08 bits per heavy atom. The first-order valence-corrected chi connectivity index (χ1v) is 8.61. The molecule has 126 valence electrons. The number of hydrogen-bond acceptors (Lipinski definition) is 4. The van der Waals surface area contributed by atoms with Gasteiger partial charge in [0.1, 0.15) is 0 Å². The van der Waals surface area contributed by atoms with Gasteiger partial charge >= 0.3 is 0 Å². The topological polar surface area (TPSA) is 75.4 Å². The minimum Gasteiger partial charge on any atom is -0.373 e. The fraction of sp³-hybridized carbons (Fsp3) is 0.222. The molecule has 5 nitrogen and oxygen atoms in total. The van der Waals surface area contributed by atoms with Crippen molar-refractivity contribution in [3.8, 4) is 0 Å². The molecule has 3 N–H and O–H groups in total. The van der Waals surface area contributed by atoms with E-state index in [0.717, 1.165) is 10.6 Å². The van der Waals surface area contributed by atoms with Crippen LogP contribution in [-0.2, 0) is 4.79 Å². The largest absolute Gasteiger partial charge is 0.373 e. The number of rotatable bonds is 8. The SMILES string of the molecule is CN(CCNC(=O)c1ccccc1SCC(N)=O)c1ccccc1. The zero-order chi connectivity index (χ0) is 17.4. The molecule has 2 rings (SSSR count). The standard InChI is InChI=1S/C18H21N3O2S/c1-21(14-7-3-2-4-8-14)12-11-20-18(23)15-9-5-6-10-16(15)24-13-17(19)22/h2-10H,11-13H2,1H3,(H2,19,22)(H,20,23). The molecule has 0 aliphatic heterocycles. The molecule has 0 unspecified atom stereocenters. The number of carbonyl (C=O) groups is 2. The van der Waals surface area contributed by atoms with Crippen LogP contribution in [0, 0.1) is 0 Å². The lowest BCUT2D eigenvalue weighted by Crippen LogP contribution is -2.33. The first kappa shape index (κ1) is 17.9. The number of hydrogen-bond donors (Lipinski definition) is 2. The lowest BCUT2D eigenvalue weighted by molar-refractivity contribution is -0.115. The number of nitrogens with one attached hydrogen (secondary N) is 1. The van der Waals surface area contributed by atoms with Crippen molar-refractivity contribution >= 4 is 29.3 Å². The van der Waals surface area contributed by atoms with Crippen molar-refractivity contribution in [2.24, 2.45) is 5.73 Å². The molecule has 24 heavy (non-hydrogen) atoms. The minimum atomic E-state index is -0.403. The Hall–Kier alpha value is -2.47. The highest BCUT2D eigenvalue weighted by molar-refractivity contribution is 8.00. The second kappa shape index (κ2) is 8.98. The van der Waals surface area contributed by atoms with E-state index in [9.17, 15) is 9.59 Å². The van der Waals surface area contributed by atoms with E-state index in [1.54, 1.807) is 12.1 Å². The van der Waals surface area contributed by atoms with Crippen LogP contribution in [0.1, 0.15) is 10.4 Å². The zero-order valence-electron chi connectivity index (χ0n) is 13.6. The van der Waals surface area contributed by atoms with Crippen LogP contribution in [0.4, 0.5) is 5.69 Å². The predicted molar refractivity (Wildman–Crippen MR) is 98.4 cm³/mol. The summed E-state index contributed by atoms with van der Waals surface area (Å²) in [6.45, 7) is 1.23. The van der Waals surface area contributed by atoms with Crippen LogP contribution in [0.2, 0.25) is 0 Å². The van der Waals surface area contributed by atoms with Gasteiger partial charge in [-0.2, -0.15) is 0 Å². The smallest absolute Gasteiger partial charge is 0.252 e. The summed E-state index contributed by atoms with van der Waals surface area (Å²) in [7, 11) is 1.98. The molecule has 0 radical (unpaired) electrons. The normalized spacial score (nSPS) is 10.2. The number of nitrogens with zero attached hydrogens (tertiary/aromatic N) is 1. The molecule has 0 fully saturated rings. The molecular formula is C18H21N3O2S. The number of likely N-dealkylation sites (N-methyl/N-ethyl adjacent to an activating group) is 1. The van der Waals surface area contributed by atoms with Gasteiger partial charge in [0.05, 0.1) is 11.3 Å². The van der Waals surface area contributed by atoms with Crippen LogP contribution in [-0.4, -0.2) is 37.7 Å². The summed E-state index contributed by atoms with van der Waals surface area (Å²) in [4.78, 5) is 26.1. The van der Waals surface area contributed by atoms with Gasteiger partial charge in [0.2, 0.25) is 5.91 Å². The van der Waals surface area contributed by atoms with E-state index in [4.69, 9.17) is 5.73 Å². The summed E-state index contributed by atoms with van der Waals surface area (Å²) >= 11 is 1.27. The molecule has 2 aromatic carbocycles. The van der Waals surface area contributed by atoms with Crippen molar-refractivity contribution in [1.29, 1.82) is 0 Å². The molecule has 0 spiro atoms. The average molecular weight is 343 g/mol. The summed E-state index contributed by atoms with van der Waals surface area (Å²) in [6, 6.07) is 17.2. The van der Waals surface area contributed by atoms with Crippen LogP contribution in [0.15, 0.2) is 59.5 Å². The van der Waals surface area contributed by atoms with Gasteiger partial charge in [0, 0.05) is 30.7 Å². The fourth-order valence-electron chi connectivity index (χ4n) is 2.17. The van der Waals surface area contributed by atoms with Gasteiger partial charge in [-0.1, -0.05) is 30.3 Å². The molecule has 0 aromatic heterocycles. The number of nitrogens with two attached hydrogens (primary N) is 1. The minimum absolute atomic E-state index is 0.149. The highest BCUT2D eigenvalue weighted by atomic mass is 32.2. The number of primary amides is 1. The Labute approximate surface area is 146 Å². The molecule has 0 atom stereocenters. The van der Waals surface area contributed by atoms with E-state index in [2.05, 4.69) is 10.2 Å². The molecule has 0 heterocycles. The Morgan fingerprint density at radius 3 is 2.46 bits per heavy atom. The van der Waals surface area contributed by atoms with Crippen LogP contribution >= 0.6 is 11.8 Å². The number of thioether (sulfide) groups is 1. The maximum absolute atomic E-state index is 12.4. The van der Waals surface area contributed by atoms with Crippen molar-refractivity contribution in [2.45, 2.75) is 4.90 Å². The molecular weight excluding hydrogens is 322 g/mol. The third-order valence-corrected chi connectivity index (χ3v) is 4.53. The van der Waals surface area contributed by atoms with Gasteiger partial charge in [-0.15, -0.1) is 11.8 Å². The maximum Gasteiger partial charge on any atom is 0.252 e. The Bertz CT molecular complexity index is 692. The Kier molecular flexibility index (Phi) is 6.69. The summed E-state index contributed by atoms with van der Waals surface area (Å²) in [6.07, 6.45) is 0. The lowest BCUT2D eigenvalue weighted by atomic mass is 10.2. The molecule has 0 aliphatic rings. The van der Waals surface area contributed by atoms with Crippen LogP contribution < -0.4 is 16.0 Å². The molecule has 6 heteroatoms. The number of amides is 2. The predicted octanol–water partition coefficient (Wildman–Crippen LogP) is 2.13. The van der Waals surface area contributed by atoms with Gasteiger partial charge in [-0.3, -0.25) is 9.59 Å². The third-order valence-electron chi connectivity index (χ3n) is 3.43. The Morgan fingerprint density at radius 2 is 1.75 bits per heavy atom. The van der Waals surface area contributed by atoms with Gasteiger partial charge in [0.15, 0.2) is 0 Å². The molecule has 0 saturated heterocycles. The Balaban J connectivity index is 1.89. The van der Waals surface area contributed by atoms with E-state index < -0.39 is 5.91 Å². The summed E-state index contributed by atoms with van der Waals surface area (Å²) in [5.41, 5.74) is 6.83. The molecule has 2 aromatic rings.